The number of anilines is 1. The number of carbonyl (C=O) groups is 1. The molecule has 0 fully saturated rings. The molecular formula is C15H12BrN3O. The van der Waals surface area contributed by atoms with Crippen LogP contribution in [0.5, 0.6) is 0 Å². The van der Waals surface area contributed by atoms with Gasteiger partial charge in [-0.3, -0.25) is 4.79 Å². The molecule has 1 amide bonds. The molecule has 3 rings (SSSR count). The van der Waals surface area contributed by atoms with Crippen molar-refractivity contribution in [2.24, 2.45) is 0 Å². The Balaban J connectivity index is 1.76. The second-order valence-corrected chi connectivity index (χ2v) is 5.35. The van der Waals surface area contributed by atoms with Crippen molar-refractivity contribution in [2.75, 3.05) is 5.32 Å². The van der Waals surface area contributed by atoms with Crippen LogP contribution in [-0.2, 0) is 11.2 Å². The first-order valence-electron chi connectivity index (χ1n) is 6.18. The summed E-state index contributed by atoms with van der Waals surface area (Å²) in [7, 11) is 0. The third kappa shape index (κ3) is 2.72. The van der Waals surface area contributed by atoms with E-state index in [0.717, 1.165) is 21.4 Å². The number of benzene rings is 1. The van der Waals surface area contributed by atoms with Crippen molar-refractivity contribution in [1.29, 1.82) is 0 Å². The minimum absolute atomic E-state index is 0.0524. The van der Waals surface area contributed by atoms with E-state index in [1.165, 1.54) is 0 Å². The van der Waals surface area contributed by atoms with Crippen LogP contribution in [0, 0.1) is 0 Å². The van der Waals surface area contributed by atoms with E-state index in [1.807, 2.05) is 53.2 Å². The van der Waals surface area contributed by atoms with Gasteiger partial charge in [0, 0.05) is 23.1 Å². The number of hydrogen-bond donors (Lipinski definition) is 1. The molecule has 100 valence electrons. The van der Waals surface area contributed by atoms with E-state index in [9.17, 15) is 4.79 Å². The molecule has 0 radical (unpaired) electrons. The molecule has 0 aliphatic rings. The molecule has 20 heavy (non-hydrogen) atoms. The fourth-order valence-electron chi connectivity index (χ4n) is 2.03. The van der Waals surface area contributed by atoms with Crippen molar-refractivity contribution in [1.82, 2.24) is 9.38 Å². The number of amides is 1. The summed E-state index contributed by atoms with van der Waals surface area (Å²) in [5.74, 6) is -0.0524. The van der Waals surface area contributed by atoms with Crippen molar-refractivity contribution in [3.05, 3.63) is 65.0 Å². The Morgan fingerprint density at radius 2 is 2.00 bits per heavy atom. The molecule has 0 unspecified atom stereocenters. The summed E-state index contributed by atoms with van der Waals surface area (Å²) in [6.45, 7) is 0. The van der Waals surface area contributed by atoms with E-state index in [1.54, 1.807) is 6.20 Å². The number of pyridine rings is 1. The predicted octanol–water partition coefficient (Wildman–Crippen LogP) is 3.28. The van der Waals surface area contributed by atoms with E-state index >= 15 is 0 Å². The van der Waals surface area contributed by atoms with E-state index < -0.39 is 0 Å². The number of imidazole rings is 1. The number of aromatic nitrogens is 2. The van der Waals surface area contributed by atoms with Gasteiger partial charge in [0.15, 0.2) is 5.65 Å². The molecule has 5 heteroatoms. The van der Waals surface area contributed by atoms with Gasteiger partial charge in [-0.2, -0.15) is 0 Å². The lowest BCUT2D eigenvalue weighted by Gasteiger charge is -2.06. The molecule has 2 aromatic heterocycles. The van der Waals surface area contributed by atoms with E-state index in [4.69, 9.17) is 0 Å². The molecule has 0 saturated heterocycles. The first-order valence-corrected chi connectivity index (χ1v) is 6.98. The number of rotatable bonds is 3. The summed E-state index contributed by atoms with van der Waals surface area (Å²) in [5, 5.41) is 2.90. The Hall–Kier alpha value is -2.14. The van der Waals surface area contributed by atoms with Gasteiger partial charge >= 0.3 is 0 Å². The zero-order valence-electron chi connectivity index (χ0n) is 10.6. The maximum absolute atomic E-state index is 12.1. The summed E-state index contributed by atoms with van der Waals surface area (Å²) in [6.07, 6.45) is 5.79. The first kappa shape index (κ1) is 12.9. The van der Waals surface area contributed by atoms with Crippen LogP contribution in [0.15, 0.2) is 59.5 Å². The smallest absolute Gasteiger partial charge is 0.228 e. The number of nitrogens with zero attached hydrogens (tertiary/aromatic N) is 2. The fraction of sp³-hybridized carbons (Fsp3) is 0.0667. The normalized spacial score (nSPS) is 10.7. The Morgan fingerprint density at radius 1 is 1.20 bits per heavy atom. The molecule has 0 aliphatic heterocycles. The van der Waals surface area contributed by atoms with Crippen molar-refractivity contribution in [3.63, 3.8) is 0 Å². The fourth-order valence-corrected chi connectivity index (χ4v) is 2.29. The highest BCUT2D eigenvalue weighted by atomic mass is 79.9. The van der Waals surface area contributed by atoms with Crippen LogP contribution in [0.4, 0.5) is 5.69 Å². The number of hydrogen-bond acceptors (Lipinski definition) is 2. The Kier molecular flexibility index (Phi) is 3.52. The van der Waals surface area contributed by atoms with Gasteiger partial charge in [-0.15, -0.1) is 0 Å². The second-order valence-electron chi connectivity index (χ2n) is 4.43. The number of carbonyl (C=O) groups excluding carboxylic acids is 1. The second kappa shape index (κ2) is 5.46. The molecule has 0 atom stereocenters. The van der Waals surface area contributed by atoms with Crippen molar-refractivity contribution in [3.8, 4) is 0 Å². The van der Waals surface area contributed by atoms with Crippen LogP contribution in [0.2, 0.25) is 0 Å². The van der Waals surface area contributed by atoms with Crippen LogP contribution in [0.1, 0.15) is 5.56 Å². The number of halogens is 1. The largest absolute Gasteiger partial charge is 0.323 e. The first-order chi connectivity index (χ1) is 9.72. The lowest BCUT2D eigenvalue weighted by atomic mass is 10.1. The van der Waals surface area contributed by atoms with E-state index in [-0.39, 0.29) is 5.91 Å². The van der Waals surface area contributed by atoms with Crippen molar-refractivity contribution >= 4 is 33.2 Å². The van der Waals surface area contributed by atoms with Gasteiger partial charge in [0.1, 0.15) is 0 Å². The maximum Gasteiger partial charge on any atom is 0.228 e. The quantitative estimate of drug-likeness (QED) is 0.801. The number of fused-ring (bicyclic) bond motifs is 1. The number of nitrogens with one attached hydrogen (secondary N) is 1. The molecule has 4 nitrogen and oxygen atoms in total. The molecule has 0 spiro atoms. The maximum atomic E-state index is 12.1. The zero-order valence-corrected chi connectivity index (χ0v) is 12.2. The molecule has 2 heterocycles. The molecule has 0 aliphatic carbocycles. The third-order valence-corrected chi connectivity index (χ3v) is 3.50. The summed E-state index contributed by atoms with van der Waals surface area (Å²) in [4.78, 5) is 16.3. The minimum Gasteiger partial charge on any atom is -0.323 e. The van der Waals surface area contributed by atoms with Crippen LogP contribution in [0.3, 0.4) is 0 Å². The predicted molar refractivity (Wildman–Crippen MR) is 81.7 cm³/mol. The van der Waals surface area contributed by atoms with Gasteiger partial charge in [0.2, 0.25) is 5.91 Å². The third-order valence-electron chi connectivity index (χ3n) is 2.97. The SMILES string of the molecule is O=C(Cc1ccc(Br)cc1)Nc1cccn2ccnc12. The standard InChI is InChI=1S/C15H12BrN3O/c16-12-5-3-11(4-6-12)10-14(20)18-13-2-1-8-19-9-7-17-15(13)19/h1-9H,10H2,(H,18,20). The summed E-state index contributed by atoms with van der Waals surface area (Å²) in [6, 6.07) is 11.4. The molecule has 0 saturated carbocycles. The lowest BCUT2D eigenvalue weighted by molar-refractivity contribution is -0.115. The molecule has 1 N–H and O–H groups in total. The van der Waals surface area contributed by atoms with Gasteiger partial charge in [-0.05, 0) is 29.8 Å². The van der Waals surface area contributed by atoms with E-state index in [2.05, 4.69) is 26.2 Å². The monoisotopic (exact) mass is 329 g/mol. The molecule has 0 bridgehead atoms. The summed E-state index contributed by atoms with van der Waals surface area (Å²) < 4.78 is 2.87. The average Bonchev–Trinajstić information content (AvgIpc) is 2.91. The van der Waals surface area contributed by atoms with Gasteiger partial charge in [-0.25, -0.2) is 4.98 Å². The summed E-state index contributed by atoms with van der Waals surface area (Å²) >= 11 is 3.38. The highest BCUT2D eigenvalue weighted by molar-refractivity contribution is 9.10. The zero-order chi connectivity index (χ0) is 13.9. The van der Waals surface area contributed by atoms with Crippen molar-refractivity contribution in [2.45, 2.75) is 6.42 Å². The lowest BCUT2D eigenvalue weighted by Crippen LogP contribution is -2.15. The minimum atomic E-state index is -0.0524. The molecular weight excluding hydrogens is 318 g/mol. The topological polar surface area (TPSA) is 46.4 Å². The highest BCUT2D eigenvalue weighted by Gasteiger charge is 2.07. The highest BCUT2D eigenvalue weighted by Crippen LogP contribution is 2.15. The average molecular weight is 330 g/mol. The van der Waals surface area contributed by atoms with Gasteiger partial charge in [0.25, 0.3) is 0 Å². The van der Waals surface area contributed by atoms with Crippen LogP contribution < -0.4 is 5.32 Å². The van der Waals surface area contributed by atoms with Gasteiger partial charge < -0.3 is 9.72 Å². The summed E-state index contributed by atoms with van der Waals surface area (Å²) in [5.41, 5.74) is 2.44. The van der Waals surface area contributed by atoms with Crippen molar-refractivity contribution < 1.29 is 4.79 Å². The molecule has 3 aromatic rings. The van der Waals surface area contributed by atoms with E-state index in [0.29, 0.717) is 6.42 Å². The van der Waals surface area contributed by atoms with Gasteiger partial charge in [0.05, 0.1) is 12.1 Å². The Morgan fingerprint density at radius 3 is 2.80 bits per heavy atom. The van der Waals surface area contributed by atoms with Crippen LogP contribution in [-0.4, -0.2) is 15.3 Å². The Labute approximate surface area is 124 Å². The van der Waals surface area contributed by atoms with Crippen LogP contribution in [0.25, 0.3) is 5.65 Å². The Bertz CT molecular complexity index is 749. The van der Waals surface area contributed by atoms with Gasteiger partial charge in [-0.1, -0.05) is 28.1 Å². The molecule has 1 aromatic carbocycles. The van der Waals surface area contributed by atoms with Crippen LogP contribution >= 0.6 is 15.9 Å².